The zero-order valence-corrected chi connectivity index (χ0v) is 16.6. The van der Waals surface area contributed by atoms with Crippen molar-refractivity contribution in [2.45, 2.75) is 24.5 Å². The second-order valence-corrected chi connectivity index (χ2v) is 8.19. The maximum Gasteiger partial charge on any atom is 0.433 e. The molecule has 0 amide bonds. The van der Waals surface area contributed by atoms with E-state index in [1.165, 1.54) is 31.2 Å². The highest BCUT2D eigenvalue weighted by molar-refractivity contribution is 7.89. The van der Waals surface area contributed by atoms with E-state index in [0.717, 1.165) is 18.2 Å². The highest BCUT2D eigenvalue weighted by Gasteiger charge is 2.40. The fourth-order valence-electron chi connectivity index (χ4n) is 3.01. The van der Waals surface area contributed by atoms with E-state index < -0.39 is 45.8 Å². The van der Waals surface area contributed by atoms with Crippen molar-refractivity contribution in [1.29, 1.82) is 0 Å². The standard InChI is InChI=1S/C19H15F4N3O4S/c1-10-2-3-12(8-14(10)20)16-17(11-4-6-13(7-5-11)31(24,29)30)25-26(9-15(27)28)18(16)19(21,22)23/h2-8H,9H2,1H3,(H,27,28)(H2,24,29,30)/p-1. The van der Waals surface area contributed by atoms with Crippen LogP contribution in [0.3, 0.4) is 0 Å². The summed E-state index contributed by atoms with van der Waals surface area (Å²) in [5.74, 6) is -2.58. The van der Waals surface area contributed by atoms with Crippen LogP contribution in [0.4, 0.5) is 17.6 Å². The minimum atomic E-state index is -5.04. The molecule has 0 radical (unpaired) electrons. The highest BCUT2D eigenvalue weighted by atomic mass is 32.2. The number of hydrogen-bond acceptors (Lipinski definition) is 5. The third-order valence-electron chi connectivity index (χ3n) is 4.42. The summed E-state index contributed by atoms with van der Waals surface area (Å²) < 4.78 is 79.0. The number of halogens is 4. The molecule has 2 N–H and O–H groups in total. The van der Waals surface area contributed by atoms with Crippen LogP contribution in [0.2, 0.25) is 0 Å². The number of rotatable bonds is 5. The number of nitrogens with two attached hydrogens (primary N) is 1. The Kier molecular flexibility index (Phi) is 5.63. The van der Waals surface area contributed by atoms with Crippen LogP contribution < -0.4 is 10.2 Å². The van der Waals surface area contributed by atoms with Gasteiger partial charge in [0.25, 0.3) is 0 Å². The van der Waals surface area contributed by atoms with Crippen LogP contribution in [0.15, 0.2) is 47.4 Å². The first kappa shape index (κ1) is 22.4. The summed E-state index contributed by atoms with van der Waals surface area (Å²) in [6, 6.07) is 7.86. The lowest BCUT2D eigenvalue weighted by Crippen LogP contribution is -2.30. The van der Waals surface area contributed by atoms with Crippen molar-refractivity contribution in [3.8, 4) is 22.4 Å². The lowest BCUT2D eigenvalue weighted by Gasteiger charge is -2.14. The van der Waals surface area contributed by atoms with Gasteiger partial charge in [0, 0.05) is 11.1 Å². The molecule has 1 heterocycles. The molecule has 31 heavy (non-hydrogen) atoms. The topological polar surface area (TPSA) is 118 Å². The molecule has 0 atom stereocenters. The van der Waals surface area contributed by atoms with Gasteiger partial charge in [-0.15, -0.1) is 0 Å². The Balaban J connectivity index is 2.35. The van der Waals surface area contributed by atoms with E-state index in [-0.39, 0.29) is 32.0 Å². The van der Waals surface area contributed by atoms with E-state index in [1.54, 1.807) is 0 Å². The van der Waals surface area contributed by atoms with Gasteiger partial charge in [-0.25, -0.2) is 17.9 Å². The van der Waals surface area contributed by atoms with E-state index in [9.17, 15) is 35.9 Å². The van der Waals surface area contributed by atoms with Gasteiger partial charge in [-0.1, -0.05) is 24.3 Å². The van der Waals surface area contributed by atoms with Gasteiger partial charge in [0.1, 0.15) is 11.5 Å². The van der Waals surface area contributed by atoms with Crippen LogP contribution >= 0.6 is 0 Å². The molecule has 164 valence electrons. The van der Waals surface area contributed by atoms with Crippen LogP contribution in [0.25, 0.3) is 22.4 Å². The van der Waals surface area contributed by atoms with Crippen LogP contribution in [0, 0.1) is 12.7 Å². The van der Waals surface area contributed by atoms with Crippen LogP contribution in [-0.2, 0) is 27.5 Å². The minimum absolute atomic E-state index is 0.0333. The normalized spacial score (nSPS) is 12.2. The van der Waals surface area contributed by atoms with Gasteiger partial charge in [-0.05, 0) is 36.2 Å². The summed E-state index contributed by atoms with van der Waals surface area (Å²) in [5.41, 5.74) is -2.26. The fourth-order valence-corrected chi connectivity index (χ4v) is 3.53. The van der Waals surface area contributed by atoms with Crippen LogP contribution in [0.5, 0.6) is 0 Å². The number of sulfonamides is 1. The van der Waals surface area contributed by atoms with Gasteiger partial charge in [-0.3, -0.25) is 4.68 Å². The molecule has 0 saturated carbocycles. The Morgan fingerprint density at radius 2 is 1.71 bits per heavy atom. The van der Waals surface area contributed by atoms with Gasteiger partial charge in [0.2, 0.25) is 10.0 Å². The molecular formula is C19H14F4N3O4S-. The smallest absolute Gasteiger partial charge is 0.433 e. The van der Waals surface area contributed by atoms with Gasteiger partial charge in [0.05, 0.1) is 17.4 Å². The summed E-state index contributed by atoms with van der Waals surface area (Å²) in [5, 5.41) is 19.8. The Labute approximate surface area is 173 Å². The number of hydrogen-bond donors (Lipinski definition) is 1. The number of aryl methyl sites for hydroxylation is 1. The number of carbonyl (C=O) groups excluding carboxylic acids is 1. The lowest BCUT2D eigenvalue weighted by atomic mass is 9.97. The molecule has 0 bridgehead atoms. The van der Waals surface area contributed by atoms with Crippen molar-refractivity contribution in [2.75, 3.05) is 0 Å². The van der Waals surface area contributed by atoms with Crippen LogP contribution in [-0.4, -0.2) is 24.2 Å². The average Bonchev–Trinajstić information content (AvgIpc) is 3.02. The average molecular weight is 456 g/mol. The van der Waals surface area contributed by atoms with Gasteiger partial charge < -0.3 is 9.90 Å². The molecule has 0 unspecified atom stereocenters. The molecule has 0 fully saturated rings. The maximum atomic E-state index is 14.1. The molecule has 1 aromatic heterocycles. The molecule has 7 nitrogen and oxygen atoms in total. The summed E-state index contributed by atoms with van der Waals surface area (Å²) in [6.07, 6.45) is -5.04. The third-order valence-corrected chi connectivity index (χ3v) is 5.35. The van der Waals surface area contributed by atoms with Crippen molar-refractivity contribution < 1.29 is 35.9 Å². The number of carboxylic acids is 1. The van der Waals surface area contributed by atoms with E-state index in [1.807, 2.05) is 0 Å². The lowest BCUT2D eigenvalue weighted by molar-refractivity contribution is -0.306. The number of alkyl halides is 3. The number of nitrogens with zero attached hydrogens (tertiary/aromatic N) is 2. The van der Waals surface area contributed by atoms with Crippen molar-refractivity contribution in [3.05, 3.63) is 59.5 Å². The minimum Gasteiger partial charge on any atom is -0.548 e. The predicted octanol–water partition coefficient (Wildman–Crippen LogP) is 2.08. The molecule has 0 spiro atoms. The number of aliphatic carboxylic acids is 1. The van der Waals surface area contributed by atoms with Gasteiger partial charge in [0.15, 0.2) is 5.69 Å². The fraction of sp³-hybridized carbons (Fsp3) is 0.158. The first-order valence-electron chi connectivity index (χ1n) is 8.56. The SMILES string of the molecule is Cc1ccc(-c2c(-c3ccc(S(N)(=O)=O)cc3)nn(CC(=O)[O-])c2C(F)(F)F)cc1F. The Morgan fingerprint density at radius 3 is 2.19 bits per heavy atom. The molecule has 0 aliphatic rings. The quantitative estimate of drug-likeness (QED) is 0.590. The number of carbonyl (C=O) groups is 1. The van der Waals surface area contributed by atoms with Gasteiger partial charge in [-0.2, -0.15) is 18.3 Å². The van der Waals surface area contributed by atoms with E-state index >= 15 is 0 Å². The van der Waals surface area contributed by atoms with Crippen molar-refractivity contribution in [3.63, 3.8) is 0 Å². The summed E-state index contributed by atoms with van der Waals surface area (Å²) >= 11 is 0. The highest BCUT2D eigenvalue weighted by Crippen LogP contribution is 2.43. The largest absolute Gasteiger partial charge is 0.548 e. The maximum absolute atomic E-state index is 14.1. The first-order chi connectivity index (χ1) is 14.3. The van der Waals surface area contributed by atoms with E-state index in [2.05, 4.69) is 5.10 Å². The zero-order chi connectivity index (χ0) is 23.1. The molecule has 0 aliphatic carbocycles. The zero-order valence-electron chi connectivity index (χ0n) is 15.8. The Hall–Kier alpha value is -3.25. The van der Waals surface area contributed by atoms with Crippen molar-refractivity contribution in [2.24, 2.45) is 5.14 Å². The van der Waals surface area contributed by atoms with Gasteiger partial charge >= 0.3 is 6.18 Å². The molecule has 12 heteroatoms. The second-order valence-electron chi connectivity index (χ2n) is 6.63. The number of primary sulfonamides is 1. The molecule has 3 rings (SSSR count). The summed E-state index contributed by atoms with van der Waals surface area (Å²) in [7, 11) is -4.06. The predicted molar refractivity (Wildman–Crippen MR) is 99.2 cm³/mol. The Morgan fingerprint density at radius 1 is 1.13 bits per heavy atom. The number of carboxylic acid groups (broad SMARTS) is 1. The van der Waals surface area contributed by atoms with E-state index in [4.69, 9.17) is 5.14 Å². The Bertz CT molecular complexity index is 1270. The van der Waals surface area contributed by atoms with Crippen molar-refractivity contribution in [1.82, 2.24) is 9.78 Å². The monoisotopic (exact) mass is 456 g/mol. The molecular weight excluding hydrogens is 442 g/mol. The molecule has 0 saturated heterocycles. The molecule has 0 aliphatic heterocycles. The number of benzene rings is 2. The summed E-state index contributed by atoms with van der Waals surface area (Å²) in [6.45, 7) is 0.224. The second kappa shape index (κ2) is 7.78. The molecule has 3 aromatic rings. The third kappa shape index (κ3) is 4.59. The number of aromatic nitrogens is 2. The van der Waals surface area contributed by atoms with E-state index in [0.29, 0.717) is 0 Å². The summed E-state index contributed by atoms with van der Waals surface area (Å²) in [4.78, 5) is 10.7. The molecule has 2 aromatic carbocycles. The van der Waals surface area contributed by atoms with Crippen LogP contribution in [0.1, 0.15) is 11.3 Å². The van der Waals surface area contributed by atoms with Crippen molar-refractivity contribution >= 4 is 16.0 Å². The first-order valence-corrected chi connectivity index (χ1v) is 10.1.